The molecule has 152 valence electrons. The number of hydrogen-bond acceptors (Lipinski definition) is 4. The first-order valence-electron chi connectivity index (χ1n) is 9.94. The monoisotopic (exact) mass is 406 g/mol. The van der Waals surface area contributed by atoms with Crippen LogP contribution in [0.1, 0.15) is 12.8 Å². The third kappa shape index (κ3) is 3.52. The minimum atomic E-state index is -0.595. The maximum atomic E-state index is 14.3. The van der Waals surface area contributed by atoms with E-state index in [0.717, 1.165) is 42.4 Å². The van der Waals surface area contributed by atoms with Gasteiger partial charge in [-0.15, -0.1) is 0 Å². The maximum absolute atomic E-state index is 14.3. The van der Waals surface area contributed by atoms with Gasteiger partial charge in [-0.2, -0.15) is 0 Å². The Morgan fingerprint density at radius 1 is 1.07 bits per heavy atom. The standard InChI is InChI=1S/C23H20F2N4O/c24-18-4-1-5-19(25)23(18)14-6-7-20-16(9-14)17(11-28-20)21-12-27-13-22(29-21)30-15-3-2-8-26-10-15/h1,4-7,9,11-13,15,26,28H,2-3,8,10H2/t15-/m0/s1. The van der Waals surface area contributed by atoms with Crippen LogP contribution in [0.5, 0.6) is 5.88 Å². The molecule has 3 heterocycles. The molecule has 0 unspecified atom stereocenters. The maximum Gasteiger partial charge on any atom is 0.233 e. The van der Waals surface area contributed by atoms with Crippen LogP contribution >= 0.6 is 0 Å². The smallest absolute Gasteiger partial charge is 0.233 e. The second kappa shape index (κ2) is 7.84. The second-order valence-electron chi connectivity index (χ2n) is 7.39. The SMILES string of the molecule is Fc1cccc(F)c1-c1ccc2[nH]cc(-c3cncc(O[C@H]4CCCNC4)n3)c2c1. The minimum Gasteiger partial charge on any atom is -0.472 e. The first kappa shape index (κ1) is 18.7. The number of halogens is 2. The fourth-order valence-corrected chi connectivity index (χ4v) is 3.89. The fourth-order valence-electron chi connectivity index (χ4n) is 3.89. The molecule has 2 aromatic heterocycles. The molecule has 1 atom stereocenters. The highest BCUT2D eigenvalue weighted by Gasteiger charge is 2.17. The van der Waals surface area contributed by atoms with Gasteiger partial charge >= 0.3 is 0 Å². The van der Waals surface area contributed by atoms with Crippen LogP contribution in [0, 0.1) is 11.6 Å². The van der Waals surface area contributed by atoms with Crippen molar-refractivity contribution in [2.45, 2.75) is 18.9 Å². The summed E-state index contributed by atoms with van der Waals surface area (Å²) in [4.78, 5) is 12.1. The van der Waals surface area contributed by atoms with E-state index in [1.165, 1.54) is 18.2 Å². The molecule has 1 fully saturated rings. The lowest BCUT2D eigenvalue weighted by Crippen LogP contribution is -2.37. The van der Waals surface area contributed by atoms with E-state index in [4.69, 9.17) is 4.74 Å². The zero-order valence-corrected chi connectivity index (χ0v) is 16.2. The van der Waals surface area contributed by atoms with Gasteiger partial charge in [0.25, 0.3) is 0 Å². The Morgan fingerprint density at radius 3 is 2.73 bits per heavy atom. The molecule has 0 radical (unpaired) electrons. The number of H-pyrrole nitrogens is 1. The lowest BCUT2D eigenvalue weighted by molar-refractivity contribution is 0.160. The normalized spacial score (nSPS) is 16.7. The van der Waals surface area contributed by atoms with Crippen molar-refractivity contribution in [1.29, 1.82) is 0 Å². The molecule has 0 aliphatic carbocycles. The molecular formula is C23H20F2N4O. The van der Waals surface area contributed by atoms with Gasteiger partial charge in [0.15, 0.2) is 0 Å². The summed E-state index contributed by atoms with van der Waals surface area (Å²) in [5.74, 6) is -0.725. The lowest BCUT2D eigenvalue weighted by Gasteiger charge is -2.23. The van der Waals surface area contributed by atoms with Gasteiger partial charge in [-0.1, -0.05) is 12.1 Å². The summed E-state index contributed by atoms with van der Waals surface area (Å²) in [6.45, 7) is 1.79. The van der Waals surface area contributed by atoms with Gasteiger partial charge < -0.3 is 15.0 Å². The van der Waals surface area contributed by atoms with Crippen molar-refractivity contribution in [1.82, 2.24) is 20.3 Å². The lowest BCUT2D eigenvalue weighted by atomic mass is 10.0. The van der Waals surface area contributed by atoms with Crippen molar-refractivity contribution in [2.24, 2.45) is 0 Å². The number of rotatable bonds is 4. The zero-order chi connectivity index (χ0) is 20.5. The molecule has 1 aliphatic rings. The number of fused-ring (bicyclic) bond motifs is 1. The van der Waals surface area contributed by atoms with Crippen molar-refractivity contribution in [3.05, 3.63) is 66.6 Å². The van der Waals surface area contributed by atoms with Crippen LogP contribution in [-0.4, -0.2) is 34.1 Å². The topological polar surface area (TPSA) is 62.8 Å². The van der Waals surface area contributed by atoms with Crippen molar-refractivity contribution in [3.8, 4) is 28.3 Å². The summed E-state index contributed by atoms with van der Waals surface area (Å²) in [6, 6.07) is 9.15. The van der Waals surface area contributed by atoms with Crippen molar-refractivity contribution in [2.75, 3.05) is 13.1 Å². The van der Waals surface area contributed by atoms with E-state index < -0.39 is 11.6 Å². The summed E-state index contributed by atoms with van der Waals surface area (Å²) in [5.41, 5.74) is 2.69. The summed E-state index contributed by atoms with van der Waals surface area (Å²) in [5, 5.41) is 4.12. The first-order valence-corrected chi connectivity index (χ1v) is 9.94. The number of benzene rings is 2. The number of hydrogen-bond donors (Lipinski definition) is 2. The molecule has 2 N–H and O–H groups in total. The van der Waals surface area contributed by atoms with Gasteiger partial charge in [-0.3, -0.25) is 4.98 Å². The molecule has 1 aliphatic heterocycles. The first-order chi connectivity index (χ1) is 14.7. The summed E-state index contributed by atoms with van der Waals surface area (Å²) in [7, 11) is 0. The van der Waals surface area contributed by atoms with E-state index in [9.17, 15) is 8.78 Å². The minimum absolute atomic E-state index is 0.0421. The predicted octanol–water partition coefficient (Wildman–Crippen LogP) is 4.70. The van der Waals surface area contributed by atoms with Crippen LogP contribution in [0.25, 0.3) is 33.3 Å². The van der Waals surface area contributed by atoms with Crippen LogP contribution < -0.4 is 10.1 Å². The molecule has 5 nitrogen and oxygen atoms in total. The summed E-state index contributed by atoms with van der Waals surface area (Å²) < 4.78 is 34.5. The molecule has 5 rings (SSSR count). The molecule has 0 amide bonds. The zero-order valence-electron chi connectivity index (χ0n) is 16.2. The number of aromatic amines is 1. The highest BCUT2D eigenvalue weighted by atomic mass is 19.1. The van der Waals surface area contributed by atoms with Crippen LogP contribution in [0.2, 0.25) is 0 Å². The van der Waals surface area contributed by atoms with Gasteiger partial charge in [0.05, 0.1) is 23.7 Å². The number of nitrogens with one attached hydrogen (secondary N) is 2. The molecule has 4 aromatic rings. The van der Waals surface area contributed by atoms with Gasteiger partial charge in [0.1, 0.15) is 17.7 Å². The van der Waals surface area contributed by atoms with Gasteiger partial charge in [0, 0.05) is 29.2 Å². The predicted molar refractivity (Wildman–Crippen MR) is 111 cm³/mol. The molecule has 30 heavy (non-hydrogen) atoms. The molecule has 1 saturated heterocycles. The largest absolute Gasteiger partial charge is 0.472 e. The third-order valence-corrected chi connectivity index (χ3v) is 5.36. The van der Waals surface area contributed by atoms with Gasteiger partial charge in [0.2, 0.25) is 5.88 Å². The van der Waals surface area contributed by atoms with Crippen LogP contribution in [0.4, 0.5) is 8.78 Å². The molecule has 0 bridgehead atoms. The van der Waals surface area contributed by atoms with Crippen LogP contribution in [0.3, 0.4) is 0 Å². The third-order valence-electron chi connectivity index (χ3n) is 5.36. The van der Waals surface area contributed by atoms with E-state index in [1.807, 2.05) is 12.3 Å². The van der Waals surface area contributed by atoms with E-state index in [1.54, 1.807) is 24.5 Å². The highest BCUT2D eigenvalue weighted by molar-refractivity contribution is 5.97. The fraction of sp³-hybridized carbons (Fsp3) is 0.217. The number of ether oxygens (including phenoxy) is 1. The Bertz CT molecular complexity index is 1180. The molecular weight excluding hydrogens is 386 g/mol. The average molecular weight is 406 g/mol. The molecule has 0 saturated carbocycles. The molecule has 2 aromatic carbocycles. The summed E-state index contributed by atoms with van der Waals surface area (Å²) in [6.07, 6.45) is 7.20. The molecule has 0 spiro atoms. The Labute approximate surface area is 172 Å². The summed E-state index contributed by atoms with van der Waals surface area (Å²) >= 11 is 0. The van der Waals surface area contributed by atoms with Crippen LogP contribution in [0.15, 0.2) is 55.0 Å². The number of aromatic nitrogens is 3. The Balaban J connectivity index is 1.53. The van der Waals surface area contributed by atoms with E-state index in [0.29, 0.717) is 17.1 Å². The van der Waals surface area contributed by atoms with Gasteiger partial charge in [-0.05, 0) is 49.2 Å². The van der Waals surface area contributed by atoms with Crippen molar-refractivity contribution >= 4 is 10.9 Å². The van der Waals surface area contributed by atoms with Gasteiger partial charge in [-0.25, -0.2) is 13.8 Å². The van der Waals surface area contributed by atoms with E-state index in [2.05, 4.69) is 20.3 Å². The quantitative estimate of drug-likeness (QED) is 0.516. The number of piperidine rings is 1. The Kier molecular flexibility index (Phi) is 4.88. The van der Waals surface area contributed by atoms with E-state index >= 15 is 0 Å². The van der Waals surface area contributed by atoms with Crippen molar-refractivity contribution < 1.29 is 13.5 Å². The van der Waals surface area contributed by atoms with E-state index in [-0.39, 0.29) is 11.7 Å². The number of nitrogens with zero attached hydrogens (tertiary/aromatic N) is 2. The Morgan fingerprint density at radius 2 is 1.93 bits per heavy atom. The molecule has 7 heteroatoms. The van der Waals surface area contributed by atoms with Crippen LogP contribution in [-0.2, 0) is 0 Å². The van der Waals surface area contributed by atoms with Crippen molar-refractivity contribution in [3.63, 3.8) is 0 Å². The second-order valence-corrected chi connectivity index (χ2v) is 7.39. The Hall–Kier alpha value is -3.32. The highest BCUT2D eigenvalue weighted by Crippen LogP contribution is 2.33. The average Bonchev–Trinajstić information content (AvgIpc) is 3.18.